The van der Waals surface area contributed by atoms with Gasteiger partial charge < -0.3 is 14.8 Å². The number of hydrogen-bond acceptors (Lipinski definition) is 3. The molecule has 1 N–H and O–H groups in total. The van der Waals surface area contributed by atoms with Gasteiger partial charge in [0.25, 0.3) is 5.91 Å². The highest BCUT2D eigenvalue weighted by Gasteiger charge is 2.13. The van der Waals surface area contributed by atoms with Crippen molar-refractivity contribution < 1.29 is 14.3 Å². The zero-order valence-corrected chi connectivity index (χ0v) is 12.9. The maximum atomic E-state index is 12.0. The molecule has 0 aliphatic rings. The summed E-state index contributed by atoms with van der Waals surface area (Å²) in [6.07, 6.45) is 0.809. The highest BCUT2D eigenvalue weighted by molar-refractivity contribution is 5.78. The number of para-hydroxylation sites is 1. The molecule has 0 bridgehead atoms. The number of rotatable bonds is 7. The van der Waals surface area contributed by atoms with Crippen molar-refractivity contribution in [3.05, 3.63) is 60.2 Å². The van der Waals surface area contributed by atoms with Crippen LogP contribution < -0.4 is 14.8 Å². The van der Waals surface area contributed by atoms with E-state index in [4.69, 9.17) is 9.47 Å². The summed E-state index contributed by atoms with van der Waals surface area (Å²) in [6.45, 7) is 2.05. The van der Waals surface area contributed by atoms with E-state index < -0.39 is 0 Å². The van der Waals surface area contributed by atoms with Gasteiger partial charge in [0.15, 0.2) is 6.61 Å². The average Bonchev–Trinajstić information content (AvgIpc) is 2.59. The minimum Gasteiger partial charge on any atom is -0.497 e. The van der Waals surface area contributed by atoms with Crippen LogP contribution in [0.2, 0.25) is 0 Å². The van der Waals surface area contributed by atoms with Crippen LogP contribution in [0.3, 0.4) is 0 Å². The Hall–Kier alpha value is -2.49. The van der Waals surface area contributed by atoms with E-state index in [1.807, 2.05) is 61.5 Å². The zero-order chi connectivity index (χ0) is 15.8. The van der Waals surface area contributed by atoms with Crippen molar-refractivity contribution in [2.45, 2.75) is 19.4 Å². The molecule has 0 saturated carbocycles. The van der Waals surface area contributed by atoms with Gasteiger partial charge in [0.05, 0.1) is 13.2 Å². The fourth-order valence-corrected chi connectivity index (χ4v) is 2.16. The largest absolute Gasteiger partial charge is 0.497 e. The van der Waals surface area contributed by atoms with Gasteiger partial charge in [0.2, 0.25) is 0 Å². The number of ether oxygens (including phenoxy) is 2. The molecule has 4 nitrogen and oxygen atoms in total. The molecule has 2 rings (SSSR count). The molecule has 1 atom stereocenters. The van der Waals surface area contributed by atoms with Gasteiger partial charge in [-0.05, 0) is 36.2 Å². The van der Waals surface area contributed by atoms with Gasteiger partial charge in [-0.1, -0.05) is 37.3 Å². The predicted octanol–water partition coefficient (Wildman–Crippen LogP) is 3.34. The Labute approximate surface area is 131 Å². The third-order valence-corrected chi connectivity index (χ3v) is 3.37. The molecule has 0 aliphatic carbocycles. The number of benzene rings is 2. The molecule has 0 spiro atoms. The Morgan fingerprint density at radius 1 is 1.05 bits per heavy atom. The van der Waals surface area contributed by atoms with Gasteiger partial charge in [0, 0.05) is 0 Å². The number of nitrogens with one attached hydrogen (secondary N) is 1. The highest BCUT2D eigenvalue weighted by atomic mass is 16.5. The summed E-state index contributed by atoms with van der Waals surface area (Å²) >= 11 is 0. The molecule has 2 aromatic carbocycles. The van der Waals surface area contributed by atoms with Gasteiger partial charge in [0.1, 0.15) is 11.5 Å². The fourth-order valence-electron chi connectivity index (χ4n) is 2.16. The van der Waals surface area contributed by atoms with Crippen LogP contribution in [0.5, 0.6) is 11.5 Å². The molecular formula is C18H21NO3. The first-order valence-electron chi connectivity index (χ1n) is 7.34. The monoisotopic (exact) mass is 299 g/mol. The average molecular weight is 299 g/mol. The van der Waals surface area contributed by atoms with Gasteiger partial charge >= 0.3 is 0 Å². The van der Waals surface area contributed by atoms with Crippen LogP contribution in [0.4, 0.5) is 0 Å². The fraction of sp³-hybridized carbons (Fsp3) is 0.278. The van der Waals surface area contributed by atoms with Gasteiger partial charge in [-0.2, -0.15) is 0 Å². The number of amides is 1. The van der Waals surface area contributed by atoms with Crippen LogP contribution >= 0.6 is 0 Å². The minimum absolute atomic E-state index is 0.0106. The van der Waals surface area contributed by atoms with Crippen molar-refractivity contribution in [3.63, 3.8) is 0 Å². The molecule has 0 aromatic heterocycles. The van der Waals surface area contributed by atoms with E-state index in [1.165, 1.54) is 0 Å². The van der Waals surface area contributed by atoms with E-state index in [9.17, 15) is 4.79 Å². The highest BCUT2D eigenvalue weighted by Crippen LogP contribution is 2.20. The standard InChI is InChI=1S/C18H21NO3/c1-3-17(14-9-11-15(21-2)12-10-14)19-18(20)13-22-16-7-5-4-6-8-16/h4-12,17H,3,13H2,1-2H3,(H,19,20)/t17-/m0/s1. The van der Waals surface area contributed by atoms with Crippen LogP contribution in [0, 0.1) is 0 Å². The van der Waals surface area contributed by atoms with E-state index >= 15 is 0 Å². The molecule has 2 aromatic rings. The third-order valence-electron chi connectivity index (χ3n) is 3.37. The van der Waals surface area contributed by atoms with Gasteiger partial charge in [-0.25, -0.2) is 0 Å². The van der Waals surface area contributed by atoms with Crippen molar-refractivity contribution >= 4 is 5.91 Å². The second kappa shape index (κ2) is 8.08. The second-order valence-corrected chi connectivity index (χ2v) is 4.90. The van der Waals surface area contributed by atoms with Crippen molar-refractivity contribution in [1.82, 2.24) is 5.32 Å². The van der Waals surface area contributed by atoms with E-state index in [-0.39, 0.29) is 18.6 Å². The summed E-state index contributed by atoms with van der Waals surface area (Å²) in [7, 11) is 1.63. The van der Waals surface area contributed by atoms with Gasteiger partial charge in [-0.15, -0.1) is 0 Å². The lowest BCUT2D eigenvalue weighted by atomic mass is 10.0. The zero-order valence-electron chi connectivity index (χ0n) is 12.9. The number of hydrogen-bond donors (Lipinski definition) is 1. The Bertz CT molecular complexity index is 581. The number of carbonyl (C=O) groups is 1. The van der Waals surface area contributed by atoms with Crippen molar-refractivity contribution in [2.24, 2.45) is 0 Å². The van der Waals surface area contributed by atoms with Crippen LogP contribution in [0.1, 0.15) is 24.9 Å². The first-order valence-corrected chi connectivity index (χ1v) is 7.34. The van der Waals surface area contributed by atoms with Crippen molar-refractivity contribution in [3.8, 4) is 11.5 Å². The minimum atomic E-state index is -0.133. The first-order chi connectivity index (χ1) is 10.7. The van der Waals surface area contributed by atoms with E-state index in [0.29, 0.717) is 5.75 Å². The summed E-state index contributed by atoms with van der Waals surface area (Å²) in [5.74, 6) is 1.36. The molecule has 0 unspecified atom stereocenters. The maximum Gasteiger partial charge on any atom is 0.258 e. The molecule has 0 aliphatic heterocycles. The molecule has 0 fully saturated rings. The lowest BCUT2D eigenvalue weighted by Gasteiger charge is -2.18. The normalized spacial score (nSPS) is 11.5. The summed E-state index contributed by atoms with van der Waals surface area (Å²) < 4.78 is 10.6. The topological polar surface area (TPSA) is 47.6 Å². The maximum absolute atomic E-state index is 12.0. The van der Waals surface area contributed by atoms with Crippen LogP contribution in [-0.2, 0) is 4.79 Å². The lowest BCUT2D eigenvalue weighted by molar-refractivity contribution is -0.123. The van der Waals surface area contributed by atoms with Crippen molar-refractivity contribution in [1.29, 1.82) is 0 Å². The van der Waals surface area contributed by atoms with E-state index in [0.717, 1.165) is 17.7 Å². The van der Waals surface area contributed by atoms with Crippen molar-refractivity contribution in [2.75, 3.05) is 13.7 Å². The Balaban J connectivity index is 1.90. The molecule has 4 heteroatoms. The van der Waals surface area contributed by atoms with Crippen LogP contribution in [0.15, 0.2) is 54.6 Å². The molecule has 0 saturated heterocycles. The quantitative estimate of drug-likeness (QED) is 0.853. The Morgan fingerprint density at radius 2 is 1.73 bits per heavy atom. The molecule has 22 heavy (non-hydrogen) atoms. The SMILES string of the molecule is CC[C@H](NC(=O)COc1ccccc1)c1ccc(OC)cc1. The second-order valence-electron chi connectivity index (χ2n) is 4.90. The summed E-state index contributed by atoms with van der Waals surface area (Å²) in [5, 5.41) is 2.99. The predicted molar refractivity (Wildman–Crippen MR) is 86.1 cm³/mol. The Kier molecular flexibility index (Phi) is 5.83. The molecule has 0 heterocycles. The van der Waals surface area contributed by atoms with Crippen LogP contribution in [-0.4, -0.2) is 19.6 Å². The third kappa shape index (κ3) is 4.52. The number of methoxy groups -OCH3 is 1. The number of carbonyl (C=O) groups excluding carboxylic acids is 1. The van der Waals surface area contributed by atoms with E-state index in [1.54, 1.807) is 7.11 Å². The van der Waals surface area contributed by atoms with Gasteiger partial charge in [-0.3, -0.25) is 4.79 Å². The van der Waals surface area contributed by atoms with Crippen LogP contribution in [0.25, 0.3) is 0 Å². The Morgan fingerprint density at radius 3 is 2.32 bits per heavy atom. The molecular weight excluding hydrogens is 278 g/mol. The van der Waals surface area contributed by atoms with E-state index in [2.05, 4.69) is 5.32 Å². The molecule has 1 amide bonds. The lowest BCUT2D eigenvalue weighted by Crippen LogP contribution is -2.32. The molecule has 0 radical (unpaired) electrons. The smallest absolute Gasteiger partial charge is 0.258 e. The summed E-state index contributed by atoms with van der Waals surface area (Å²) in [5.41, 5.74) is 1.05. The molecule has 116 valence electrons. The summed E-state index contributed by atoms with van der Waals surface area (Å²) in [4.78, 5) is 12.0. The summed E-state index contributed by atoms with van der Waals surface area (Å²) in [6, 6.07) is 17.0. The first kappa shape index (κ1) is 15.9.